The van der Waals surface area contributed by atoms with Crippen LogP contribution in [0, 0.1) is 0 Å². The smallest absolute Gasteiger partial charge is 0.408 e. The first kappa shape index (κ1) is 18.5. The van der Waals surface area contributed by atoms with Crippen molar-refractivity contribution in [1.29, 1.82) is 0 Å². The number of nitrogens with zero attached hydrogens (tertiary/aromatic N) is 2. The van der Waals surface area contributed by atoms with Crippen LogP contribution in [0.4, 0.5) is 0 Å². The van der Waals surface area contributed by atoms with Crippen LogP contribution in [0.3, 0.4) is 0 Å². The van der Waals surface area contributed by atoms with E-state index in [1.807, 2.05) is 30.3 Å². The molecule has 1 aromatic heterocycles. The van der Waals surface area contributed by atoms with Gasteiger partial charge in [-0.3, -0.25) is 9.36 Å². The lowest BCUT2D eigenvalue weighted by Crippen LogP contribution is -2.37. The summed E-state index contributed by atoms with van der Waals surface area (Å²) in [5.41, 5.74) is 3.21. The highest BCUT2D eigenvalue weighted by Crippen LogP contribution is 2.19. The van der Waals surface area contributed by atoms with Gasteiger partial charge in [0.1, 0.15) is 0 Å². The molecule has 0 unspecified atom stereocenters. The molecule has 4 rings (SSSR count). The van der Waals surface area contributed by atoms with Gasteiger partial charge in [0.2, 0.25) is 5.91 Å². The number of fused-ring (bicyclic) bond motifs is 1. The van der Waals surface area contributed by atoms with E-state index in [1.54, 1.807) is 13.1 Å². The third-order valence-electron chi connectivity index (χ3n) is 5.40. The van der Waals surface area contributed by atoms with Gasteiger partial charge in [0, 0.05) is 13.6 Å². The minimum absolute atomic E-state index is 0.0269. The number of aromatic nitrogens is 1. The quantitative estimate of drug-likeness (QED) is 0.715. The average molecular weight is 379 g/mol. The molecule has 0 aliphatic carbocycles. The van der Waals surface area contributed by atoms with Gasteiger partial charge in [-0.25, -0.2) is 4.79 Å². The van der Waals surface area contributed by atoms with Gasteiger partial charge in [-0.1, -0.05) is 36.4 Å². The lowest BCUT2D eigenvalue weighted by atomic mass is 10.1. The Morgan fingerprint density at radius 3 is 2.64 bits per heavy atom. The van der Waals surface area contributed by atoms with E-state index in [0.717, 1.165) is 30.8 Å². The van der Waals surface area contributed by atoms with Crippen LogP contribution in [0.2, 0.25) is 0 Å². The summed E-state index contributed by atoms with van der Waals surface area (Å²) in [5, 5.41) is 3.20. The van der Waals surface area contributed by atoms with Crippen molar-refractivity contribution >= 4 is 17.0 Å². The van der Waals surface area contributed by atoms with Crippen LogP contribution in [0.15, 0.2) is 57.7 Å². The molecule has 1 aliphatic heterocycles. The van der Waals surface area contributed by atoms with Gasteiger partial charge in [0.25, 0.3) is 0 Å². The third kappa shape index (κ3) is 4.02. The molecule has 1 atom stereocenters. The molecule has 6 nitrogen and oxygen atoms in total. The second-order valence-corrected chi connectivity index (χ2v) is 7.44. The number of carbonyl (C=O) groups excluding carboxylic acids is 1. The van der Waals surface area contributed by atoms with Crippen molar-refractivity contribution in [1.82, 2.24) is 14.8 Å². The van der Waals surface area contributed by atoms with E-state index in [-0.39, 0.29) is 18.4 Å². The molecule has 1 N–H and O–H groups in total. The highest BCUT2D eigenvalue weighted by molar-refractivity contribution is 5.81. The number of hydrogen-bond donors (Lipinski definition) is 1. The predicted molar refractivity (Wildman–Crippen MR) is 108 cm³/mol. The van der Waals surface area contributed by atoms with Crippen molar-refractivity contribution in [2.24, 2.45) is 7.05 Å². The summed E-state index contributed by atoms with van der Waals surface area (Å²) in [4.78, 5) is 26.8. The maximum Gasteiger partial charge on any atom is 0.419 e. The third-order valence-corrected chi connectivity index (χ3v) is 5.40. The van der Waals surface area contributed by atoms with Crippen LogP contribution in [-0.2, 0) is 18.3 Å². The van der Waals surface area contributed by atoms with Gasteiger partial charge < -0.3 is 14.6 Å². The molecule has 1 fully saturated rings. The van der Waals surface area contributed by atoms with E-state index in [1.165, 1.54) is 17.4 Å². The lowest BCUT2D eigenvalue weighted by molar-refractivity contribution is -0.121. The first-order chi connectivity index (χ1) is 13.6. The van der Waals surface area contributed by atoms with E-state index in [0.29, 0.717) is 11.1 Å². The maximum atomic E-state index is 12.8. The Bertz CT molecular complexity index is 1020. The van der Waals surface area contributed by atoms with Gasteiger partial charge in [0.15, 0.2) is 5.58 Å². The van der Waals surface area contributed by atoms with Gasteiger partial charge in [0.05, 0.1) is 18.0 Å². The number of likely N-dealkylation sites (tertiary alicyclic amines) is 1. The molecule has 0 saturated carbocycles. The molecule has 0 bridgehead atoms. The lowest BCUT2D eigenvalue weighted by Gasteiger charge is -2.25. The molecule has 1 saturated heterocycles. The van der Waals surface area contributed by atoms with Gasteiger partial charge >= 0.3 is 5.76 Å². The van der Waals surface area contributed by atoms with Crippen molar-refractivity contribution in [3.05, 3.63) is 70.2 Å². The molecule has 0 spiro atoms. The van der Waals surface area contributed by atoms with Crippen LogP contribution in [0.25, 0.3) is 11.1 Å². The van der Waals surface area contributed by atoms with E-state index in [9.17, 15) is 9.59 Å². The zero-order chi connectivity index (χ0) is 19.5. The number of aryl methyl sites for hydroxylation is 1. The fourth-order valence-corrected chi connectivity index (χ4v) is 3.86. The summed E-state index contributed by atoms with van der Waals surface area (Å²) in [6.07, 6.45) is 2.70. The Hall–Kier alpha value is -2.86. The molecular weight excluding hydrogens is 354 g/mol. The number of nitrogens with one attached hydrogen (secondary N) is 1. The zero-order valence-corrected chi connectivity index (χ0v) is 16.1. The molecular formula is C22H25N3O3. The fraction of sp³-hybridized carbons (Fsp3) is 0.364. The van der Waals surface area contributed by atoms with Crippen LogP contribution in [0.5, 0.6) is 0 Å². The number of carbonyl (C=O) groups is 1. The Morgan fingerprint density at radius 1 is 1.14 bits per heavy atom. The van der Waals surface area contributed by atoms with Crippen molar-refractivity contribution in [2.75, 3.05) is 19.6 Å². The molecule has 1 aliphatic rings. The first-order valence-corrected chi connectivity index (χ1v) is 9.75. The Balaban J connectivity index is 1.49. The zero-order valence-electron chi connectivity index (χ0n) is 16.1. The monoisotopic (exact) mass is 379 g/mol. The number of rotatable bonds is 6. The fourth-order valence-electron chi connectivity index (χ4n) is 3.86. The number of hydrogen-bond acceptors (Lipinski definition) is 4. The summed E-state index contributed by atoms with van der Waals surface area (Å²) in [5.74, 6) is -0.424. The Labute approximate surface area is 163 Å². The second-order valence-electron chi connectivity index (χ2n) is 7.44. The SMILES string of the molecule is Cn1c(=O)oc2ccc(CC(=O)N[C@H](CN3CCCC3)c3ccccc3)cc21. The predicted octanol–water partition coefficient (Wildman–Crippen LogP) is 2.63. The van der Waals surface area contributed by atoms with Crippen LogP contribution < -0.4 is 11.1 Å². The topological polar surface area (TPSA) is 67.5 Å². The van der Waals surface area contributed by atoms with E-state index in [4.69, 9.17) is 4.42 Å². The highest BCUT2D eigenvalue weighted by atomic mass is 16.4. The van der Waals surface area contributed by atoms with Crippen molar-refractivity contribution in [3.8, 4) is 0 Å². The molecule has 6 heteroatoms. The molecule has 1 amide bonds. The average Bonchev–Trinajstić information content (AvgIpc) is 3.31. The van der Waals surface area contributed by atoms with Crippen molar-refractivity contribution < 1.29 is 9.21 Å². The highest BCUT2D eigenvalue weighted by Gasteiger charge is 2.21. The molecule has 2 heterocycles. The van der Waals surface area contributed by atoms with Crippen molar-refractivity contribution in [2.45, 2.75) is 25.3 Å². The Morgan fingerprint density at radius 2 is 1.89 bits per heavy atom. The van der Waals surface area contributed by atoms with Gasteiger partial charge in [-0.2, -0.15) is 0 Å². The molecule has 146 valence electrons. The molecule has 28 heavy (non-hydrogen) atoms. The molecule has 3 aromatic rings. The number of oxazole rings is 1. The molecule has 0 radical (unpaired) electrons. The largest absolute Gasteiger partial charge is 0.419 e. The summed E-state index contributed by atoms with van der Waals surface area (Å²) in [6.45, 7) is 3.00. The van der Waals surface area contributed by atoms with Crippen LogP contribution in [-0.4, -0.2) is 35.0 Å². The summed E-state index contributed by atoms with van der Waals surface area (Å²) in [7, 11) is 1.67. The Kier molecular flexibility index (Phi) is 5.30. The van der Waals surface area contributed by atoms with Gasteiger partial charge in [-0.15, -0.1) is 0 Å². The first-order valence-electron chi connectivity index (χ1n) is 9.75. The minimum atomic E-state index is -0.397. The maximum absolute atomic E-state index is 12.8. The van der Waals surface area contributed by atoms with E-state index < -0.39 is 5.76 Å². The normalized spacial score (nSPS) is 15.8. The van der Waals surface area contributed by atoms with Crippen LogP contribution in [0.1, 0.15) is 30.0 Å². The summed E-state index contributed by atoms with van der Waals surface area (Å²) in [6, 6.07) is 15.5. The van der Waals surface area contributed by atoms with Gasteiger partial charge in [-0.05, 0) is 49.2 Å². The van der Waals surface area contributed by atoms with E-state index in [2.05, 4.69) is 22.3 Å². The minimum Gasteiger partial charge on any atom is -0.408 e. The molecule has 2 aromatic carbocycles. The number of amides is 1. The standard InChI is InChI=1S/C22H25N3O3/c1-24-19-13-16(9-10-20(19)28-22(24)27)14-21(26)23-18(15-25-11-5-6-12-25)17-7-3-2-4-8-17/h2-4,7-10,13,18H,5-6,11-12,14-15H2,1H3,(H,23,26)/t18-/m1/s1. The van der Waals surface area contributed by atoms with Crippen molar-refractivity contribution in [3.63, 3.8) is 0 Å². The number of benzene rings is 2. The summed E-state index contributed by atoms with van der Waals surface area (Å²) >= 11 is 0. The van der Waals surface area contributed by atoms with E-state index >= 15 is 0 Å². The summed E-state index contributed by atoms with van der Waals surface area (Å²) < 4.78 is 6.61. The van der Waals surface area contributed by atoms with Crippen LogP contribution >= 0.6 is 0 Å². The second kappa shape index (κ2) is 8.02.